The summed E-state index contributed by atoms with van der Waals surface area (Å²) in [5.74, 6) is 0. The molecule has 1 aromatic carbocycles. The highest BCUT2D eigenvalue weighted by Gasteiger charge is 2.23. The maximum absolute atomic E-state index is 5.92. The van der Waals surface area contributed by atoms with Crippen molar-refractivity contribution in [2.45, 2.75) is 59.9 Å². The molecule has 1 rings (SSSR count). The quantitative estimate of drug-likeness (QED) is 0.730. The number of hydrogen-bond acceptors (Lipinski definition) is 2. The summed E-state index contributed by atoms with van der Waals surface area (Å²) in [5.41, 5.74) is 8.94. The first-order chi connectivity index (χ1) is 9.93. The standard InChI is InChI=1S/C19H34N2/c1-6-8-17-9-11-18(12-10-17)16(3)21(13-7-2)15-19(4,5)14-20/h9-12,16H,6-8,13-15,20H2,1-5H3. The Morgan fingerprint density at radius 1 is 1.10 bits per heavy atom. The van der Waals surface area contributed by atoms with E-state index in [1.165, 1.54) is 30.4 Å². The molecule has 1 atom stereocenters. The highest BCUT2D eigenvalue weighted by atomic mass is 15.2. The average Bonchev–Trinajstić information content (AvgIpc) is 2.47. The molecule has 0 aliphatic heterocycles. The van der Waals surface area contributed by atoms with Gasteiger partial charge >= 0.3 is 0 Å². The van der Waals surface area contributed by atoms with Crippen molar-refractivity contribution in [3.05, 3.63) is 35.4 Å². The molecule has 0 aliphatic carbocycles. The molecule has 1 unspecified atom stereocenters. The lowest BCUT2D eigenvalue weighted by molar-refractivity contribution is 0.140. The number of benzene rings is 1. The van der Waals surface area contributed by atoms with E-state index in [4.69, 9.17) is 5.73 Å². The van der Waals surface area contributed by atoms with Crippen LogP contribution in [0.25, 0.3) is 0 Å². The zero-order chi connectivity index (χ0) is 15.9. The Balaban J connectivity index is 2.81. The Morgan fingerprint density at radius 3 is 2.19 bits per heavy atom. The molecule has 0 radical (unpaired) electrons. The van der Waals surface area contributed by atoms with E-state index in [2.05, 4.69) is 63.8 Å². The van der Waals surface area contributed by atoms with Crippen LogP contribution in [0.3, 0.4) is 0 Å². The molecular formula is C19H34N2. The van der Waals surface area contributed by atoms with Crippen molar-refractivity contribution >= 4 is 0 Å². The molecule has 0 saturated heterocycles. The van der Waals surface area contributed by atoms with Crippen LogP contribution in [0.4, 0.5) is 0 Å². The first kappa shape index (κ1) is 18.2. The molecule has 0 aliphatic rings. The van der Waals surface area contributed by atoms with Gasteiger partial charge in [-0.15, -0.1) is 0 Å². The molecule has 120 valence electrons. The SMILES string of the molecule is CCCc1ccc(C(C)N(CCC)CC(C)(C)CN)cc1. The van der Waals surface area contributed by atoms with E-state index in [0.29, 0.717) is 6.04 Å². The molecule has 21 heavy (non-hydrogen) atoms. The number of nitrogens with two attached hydrogens (primary N) is 1. The lowest BCUT2D eigenvalue weighted by atomic mass is 9.91. The average molecular weight is 290 g/mol. The molecule has 2 N–H and O–H groups in total. The Bertz CT molecular complexity index is 395. The van der Waals surface area contributed by atoms with E-state index in [9.17, 15) is 0 Å². The van der Waals surface area contributed by atoms with Crippen LogP contribution in [0.15, 0.2) is 24.3 Å². The van der Waals surface area contributed by atoms with Gasteiger partial charge in [-0.1, -0.05) is 58.4 Å². The highest BCUT2D eigenvalue weighted by Crippen LogP contribution is 2.25. The molecule has 0 amide bonds. The van der Waals surface area contributed by atoms with Gasteiger partial charge in [-0.3, -0.25) is 4.90 Å². The van der Waals surface area contributed by atoms with E-state index in [1.54, 1.807) is 0 Å². The minimum Gasteiger partial charge on any atom is -0.330 e. The largest absolute Gasteiger partial charge is 0.330 e. The molecule has 0 fully saturated rings. The second-order valence-electron chi connectivity index (χ2n) is 7.01. The van der Waals surface area contributed by atoms with E-state index >= 15 is 0 Å². The molecular weight excluding hydrogens is 256 g/mol. The summed E-state index contributed by atoms with van der Waals surface area (Å²) in [6, 6.07) is 9.62. The van der Waals surface area contributed by atoms with E-state index in [1.807, 2.05) is 0 Å². The third kappa shape index (κ3) is 5.80. The first-order valence-corrected chi connectivity index (χ1v) is 8.46. The van der Waals surface area contributed by atoms with Crippen molar-refractivity contribution in [2.75, 3.05) is 19.6 Å². The fourth-order valence-electron chi connectivity index (χ4n) is 2.77. The number of nitrogens with zero attached hydrogens (tertiary/aromatic N) is 1. The van der Waals surface area contributed by atoms with Crippen LogP contribution in [0.1, 0.15) is 64.6 Å². The van der Waals surface area contributed by atoms with Crippen LogP contribution in [-0.4, -0.2) is 24.5 Å². The van der Waals surface area contributed by atoms with E-state index < -0.39 is 0 Å². The molecule has 0 heterocycles. The van der Waals surface area contributed by atoms with Crippen LogP contribution >= 0.6 is 0 Å². The van der Waals surface area contributed by atoms with Gasteiger partial charge < -0.3 is 5.73 Å². The summed E-state index contributed by atoms with van der Waals surface area (Å²) in [7, 11) is 0. The summed E-state index contributed by atoms with van der Waals surface area (Å²) in [5, 5.41) is 0. The van der Waals surface area contributed by atoms with Gasteiger partial charge in [0.1, 0.15) is 0 Å². The fourth-order valence-corrected chi connectivity index (χ4v) is 2.77. The predicted octanol–water partition coefficient (Wildman–Crippen LogP) is 4.40. The van der Waals surface area contributed by atoms with Gasteiger partial charge in [0.15, 0.2) is 0 Å². The Labute approximate surface area is 131 Å². The van der Waals surface area contributed by atoms with Gasteiger partial charge in [0.05, 0.1) is 0 Å². The molecule has 0 spiro atoms. The van der Waals surface area contributed by atoms with Gasteiger partial charge in [0, 0.05) is 12.6 Å². The van der Waals surface area contributed by atoms with Crippen LogP contribution in [0.5, 0.6) is 0 Å². The van der Waals surface area contributed by atoms with Crippen molar-refractivity contribution in [1.82, 2.24) is 4.90 Å². The van der Waals surface area contributed by atoms with Crippen molar-refractivity contribution in [3.8, 4) is 0 Å². The Morgan fingerprint density at radius 2 is 1.71 bits per heavy atom. The molecule has 1 aromatic rings. The fraction of sp³-hybridized carbons (Fsp3) is 0.684. The van der Waals surface area contributed by atoms with Crippen LogP contribution in [0.2, 0.25) is 0 Å². The lowest BCUT2D eigenvalue weighted by Crippen LogP contribution is -2.40. The van der Waals surface area contributed by atoms with Crippen LogP contribution in [-0.2, 0) is 6.42 Å². The van der Waals surface area contributed by atoms with E-state index in [0.717, 1.165) is 19.6 Å². The third-order valence-corrected chi connectivity index (χ3v) is 4.24. The first-order valence-electron chi connectivity index (χ1n) is 8.46. The topological polar surface area (TPSA) is 29.3 Å². The van der Waals surface area contributed by atoms with Gasteiger partial charge in [-0.2, -0.15) is 0 Å². The summed E-state index contributed by atoms with van der Waals surface area (Å²) in [6.07, 6.45) is 3.56. The zero-order valence-electron chi connectivity index (χ0n) is 14.7. The normalized spacial score (nSPS) is 13.7. The lowest BCUT2D eigenvalue weighted by Gasteiger charge is -2.36. The maximum Gasteiger partial charge on any atom is 0.0320 e. The van der Waals surface area contributed by atoms with E-state index in [-0.39, 0.29) is 5.41 Å². The van der Waals surface area contributed by atoms with Crippen molar-refractivity contribution in [2.24, 2.45) is 11.1 Å². The number of hydrogen-bond donors (Lipinski definition) is 1. The second kappa shape index (κ2) is 8.55. The van der Waals surface area contributed by atoms with Gasteiger partial charge in [-0.25, -0.2) is 0 Å². The molecule has 0 bridgehead atoms. The molecule has 0 aromatic heterocycles. The van der Waals surface area contributed by atoms with Crippen LogP contribution in [0, 0.1) is 5.41 Å². The summed E-state index contributed by atoms with van der Waals surface area (Å²) >= 11 is 0. The maximum atomic E-state index is 5.92. The number of rotatable bonds is 9. The number of aryl methyl sites for hydroxylation is 1. The Hall–Kier alpha value is -0.860. The highest BCUT2D eigenvalue weighted by molar-refractivity contribution is 5.25. The van der Waals surface area contributed by atoms with Gasteiger partial charge in [0.25, 0.3) is 0 Å². The monoisotopic (exact) mass is 290 g/mol. The summed E-state index contributed by atoms with van der Waals surface area (Å²) in [6.45, 7) is 14.2. The summed E-state index contributed by atoms with van der Waals surface area (Å²) in [4.78, 5) is 2.57. The minimum absolute atomic E-state index is 0.172. The smallest absolute Gasteiger partial charge is 0.0320 e. The third-order valence-electron chi connectivity index (χ3n) is 4.24. The molecule has 2 heteroatoms. The minimum atomic E-state index is 0.172. The predicted molar refractivity (Wildman–Crippen MR) is 93.6 cm³/mol. The van der Waals surface area contributed by atoms with Crippen molar-refractivity contribution < 1.29 is 0 Å². The second-order valence-corrected chi connectivity index (χ2v) is 7.01. The molecule has 2 nitrogen and oxygen atoms in total. The zero-order valence-corrected chi connectivity index (χ0v) is 14.7. The van der Waals surface area contributed by atoms with Crippen molar-refractivity contribution in [1.29, 1.82) is 0 Å². The van der Waals surface area contributed by atoms with Gasteiger partial charge in [0.2, 0.25) is 0 Å². The molecule has 0 saturated carbocycles. The summed E-state index contributed by atoms with van der Waals surface area (Å²) < 4.78 is 0. The van der Waals surface area contributed by atoms with Gasteiger partial charge in [-0.05, 0) is 49.4 Å². The van der Waals surface area contributed by atoms with Crippen molar-refractivity contribution in [3.63, 3.8) is 0 Å². The Kier molecular flexibility index (Phi) is 7.41. The van der Waals surface area contributed by atoms with Crippen LogP contribution < -0.4 is 5.73 Å².